The molecule has 1 atom stereocenters. The summed E-state index contributed by atoms with van der Waals surface area (Å²) in [7, 11) is 1.74. The maximum absolute atomic E-state index is 11.3. The lowest BCUT2D eigenvalue weighted by molar-refractivity contribution is -0.119. The summed E-state index contributed by atoms with van der Waals surface area (Å²) in [5.41, 5.74) is 0.984. The van der Waals surface area contributed by atoms with Gasteiger partial charge < -0.3 is 15.0 Å². The van der Waals surface area contributed by atoms with Crippen LogP contribution >= 0.6 is 0 Å². The van der Waals surface area contributed by atoms with E-state index in [9.17, 15) is 4.79 Å². The van der Waals surface area contributed by atoms with E-state index in [2.05, 4.69) is 48.9 Å². The molecule has 7 heteroatoms. The maximum atomic E-state index is 11.3. The normalized spacial score (nSPS) is 24.7. The Kier molecular flexibility index (Phi) is 9.10. The van der Waals surface area contributed by atoms with Crippen LogP contribution in [0.2, 0.25) is 0 Å². The summed E-state index contributed by atoms with van der Waals surface area (Å²) in [6.07, 6.45) is 6.81. The molecular weight excluding hydrogens is 414 g/mol. The molecular formula is C26H45N5O2. The van der Waals surface area contributed by atoms with Crippen molar-refractivity contribution in [3.8, 4) is 0 Å². The molecule has 1 saturated heterocycles. The first-order valence-corrected chi connectivity index (χ1v) is 12.8. The van der Waals surface area contributed by atoms with Gasteiger partial charge >= 0.3 is 0 Å². The minimum absolute atomic E-state index is 0.0815. The quantitative estimate of drug-likeness (QED) is 0.641. The second kappa shape index (κ2) is 11.6. The molecule has 2 fully saturated rings. The van der Waals surface area contributed by atoms with Gasteiger partial charge in [-0.1, -0.05) is 20.8 Å². The Morgan fingerprint density at radius 1 is 1.18 bits per heavy atom. The highest BCUT2D eigenvalue weighted by atomic mass is 16.5. The van der Waals surface area contributed by atoms with Crippen LogP contribution in [0, 0.1) is 5.92 Å². The summed E-state index contributed by atoms with van der Waals surface area (Å²) >= 11 is 0. The highest BCUT2D eigenvalue weighted by Gasteiger charge is 2.28. The number of methoxy groups -OCH3 is 1. The smallest absolute Gasteiger partial charge is 0.217 e. The average Bonchev–Trinajstić information content (AvgIpc) is 2.76. The number of hydrogen-bond donors (Lipinski definition) is 1. The van der Waals surface area contributed by atoms with Gasteiger partial charge in [-0.05, 0) is 51.5 Å². The van der Waals surface area contributed by atoms with Crippen molar-refractivity contribution in [2.45, 2.75) is 90.6 Å². The van der Waals surface area contributed by atoms with Gasteiger partial charge in [-0.15, -0.1) is 0 Å². The van der Waals surface area contributed by atoms with Crippen LogP contribution in [0.5, 0.6) is 0 Å². The predicted molar refractivity (Wildman–Crippen MR) is 134 cm³/mol. The number of aromatic nitrogens is 2. The van der Waals surface area contributed by atoms with Crippen molar-refractivity contribution in [2.24, 2.45) is 5.92 Å². The molecule has 3 rings (SSSR count). The molecule has 1 aliphatic carbocycles. The number of ether oxygens (including phenoxy) is 1. The van der Waals surface area contributed by atoms with E-state index in [1.807, 2.05) is 0 Å². The van der Waals surface area contributed by atoms with Crippen molar-refractivity contribution in [3.63, 3.8) is 0 Å². The molecule has 2 aliphatic rings. The van der Waals surface area contributed by atoms with E-state index in [1.165, 1.54) is 25.8 Å². The molecule has 1 aliphatic heterocycles. The lowest BCUT2D eigenvalue weighted by atomic mass is 9.84. The van der Waals surface area contributed by atoms with E-state index < -0.39 is 0 Å². The molecule has 1 N–H and O–H groups in total. The molecule has 186 valence electrons. The minimum Gasteiger partial charge on any atom is -0.384 e. The molecule has 0 spiro atoms. The number of carbonyl (C=O) groups excluding carboxylic acids is 1. The van der Waals surface area contributed by atoms with Gasteiger partial charge in [0.25, 0.3) is 0 Å². The molecule has 1 amide bonds. The molecule has 1 aromatic rings. The fourth-order valence-electron chi connectivity index (χ4n) is 5.12. The van der Waals surface area contributed by atoms with Crippen molar-refractivity contribution in [1.29, 1.82) is 0 Å². The van der Waals surface area contributed by atoms with Crippen molar-refractivity contribution < 1.29 is 9.53 Å². The highest BCUT2D eigenvalue weighted by Crippen LogP contribution is 2.28. The largest absolute Gasteiger partial charge is 0.384 e. The summed E-state index contributed by atoms with van der Waals surface area (Å²) in [6, 6.07) is 2.97. The highest BCUT2D eigenvalue weighted by molar-refractivity contribution is 5.73. The molecule has 33 heavy (non-hydrogen) atoms. The lowest BCUT2D eigenvalue weighted by Crippen LogP contribution is -2.52. The lowest BCUT2D eigenvalue weighted by Gasteiger charge is -2.41. The molecule has 0 bridgehead atoms. The average molecular weight is 460 g/mol. The van der Waals surface area contributed by atoms with Gasteiger partial charge in [0.2, 0.25) is 5.91 Å². The number of hydrogen-bond acceptors (Lipinski definition) is 6. The number of nitrogens with one attached hydrogen (secondary N) is 1. The Morgan fingerprint density at radius 3 is 2.52 bits per heavy atom. The maximum Gasteiger partial charge on any atom is 0.217 e. The van der Waals surface area contributed by atoms with Gasteiger partial charge in [-0.3, -0.25) is 9.69 Å². The number of carbonyl (C=O) groups is 1. The van der Waals surface area contributed by atoms with Crippen LogP contribution in [-0.4, -0.2) is 72.8 Å². The number of piperazine rings is 1. The second-order valence-corrected chi connectivity index (χ2v) is 11.1. The van der Waals surface area contributed by atoms with Crippen LogP contribution in [0.25, 0.3) is 0 Å². The first-order chi connectivity index (χ1) is 15.7. The Bertz CT molecular complexity index is 770. The summed E-state index contributed by atoms with van der Waals surface area (Å²) in [5, 5.41) is 3.09. The van der Waals surface area contributed by atoms with E-state index in [4.69, 9.17) is 14.7 Å². The standard InChI is InChI=1S/C26H45N5O2/c1-19-18-30(13-11-21-7-9-22(10-8-21)27-20(2)32)14-15-31(19)24-17-23(12-16-33-6)28-25(29-24)26(3,4)5/h17,19,21-22H,7-16,18H2,1-6H3,(H,27,32)/t19-,21-,22-/m0/s1. The molecule has 0 aromatic carbocycles. The molecule has 0 radical (unpaired) electrons. The zero-order valence-electron chi connectivity index (χ0n) is 21.7. The van der Waals surface area contributed by atoms with Crippen LogP contribution in [0.4, 0.5) is 5.82 Å². The number of anilines is 1. The van der Waals surface area contributed by atoms with Crippen molar-refractivity contribution in [1.82, 2.24) is 20.2 Å². The van der Waals surface area contributed by atoms with Crippen LogP contribution in [0.1, 0.15) is 78.2 Å². The van der Waals surface area contributed by atoms with Gasteiger partial charge in [-0.2, -0.15) is 0 Å². The van der Waals surface area contributed by atoms with Gasteiger partial charge in [0.1, 0.15) is 11.6 Å². The zero-order valence-corrected chi connectivity index (χ0v) is 21.7. The summed E-state index contributed by atoms with van der Waals surface area (Å²) in [5.74, 6) is 2.87. The minimum atomic E-state index is -0.0815. The van der Waals surface area contributed by atoms with Gasteiger partial charge in [0, 0.05) is 69.3 Å². The topological polar surface area (TPSA) is 70.6 Å². The van der Waals surface area contributed by atoms with Crippen molar-refractivity contribution in [3.05, 3.63) is 17.6 Å². The summed E-state index contributed by atoms with van der Waals surface area (Å²) in [4.78, 5) is 26.2. The van der Waals surface area contributed by atoms with E-state index in [0.717, 1.165) is 62.2 Å². The van der Waals surface area contributed by atoms with E-state index in [1.54, 1.807) is 14.0 Å². The SMILES string of the molecule is COCCc1cc(N2CCN(CC[C@H]3CC[C@H](NC(C)=O)CC3)C[C@@H]2C)nc(C(C)(C)C)n1. The van der Waals surface area contributed by atoms with Crippen LogP contribution in [-0.2, 0) is 21.4 Å². The monoisotopic (exact) mass is 459 g/mol. The first kappa shape index (κ1) is 25.9. The molecule has 1 aromatic heterocycles. The Hall–Kier alpha value is -1.73. The second-order valence-electron chi connectivity index (χ2n) is 11.1. The summed E-state index contributed by atoms with van der Waals surface area (Å²) in [6.45, 7) is 15.5. The number of rotatable bonds is 8. The number of amides is 1. The molecule has 2 heterocycles. The number of nitrogens with zero attached hydrogens (tertiary/aromatic N) is 4. The third-order valence-corrected chi connectivity index (χ3v) is 7.11. The van der Waals surface area contributed by atoms with Crippen LogP contribution < -0.4 is 10.2 Å². The molecule has 0 unspecified atom stereocenters. The van der Waals surface area contributed by atoms with Gasteiger partial charge in [0.15, 0.2) is 0 Å². The van der Waals surface area contributed by atoms with Crippen molar-refractivity contribution in [2.75, 3.05) is 44.8 Å². The molecule has 1 saturated carbocycles. The van der Waals surface area contributed by atoms with E-state index in [-0.39, 0.29) is 11.3 Å². The predicted octanol–water partition coefficient (Wildman–Crippen LogP) is 3.56. The first-order valence-electron chi connectivity index (χ1n) is 12.8. The van der Waals surface area contributed by atoms with Crippen LogP contribution in [0.3, 0.4) is 0 Å². The molecule has 7 nitrogen and oxygen atoms in total. The Labute approximate surface area is 200 Å². The third-order valence-electron chi connectivity index (χ3n) is 7.11. The summed E-state index contributed by atoms with van der Waals surface area (Å²) < 4.78 is 5.29. The van der Waals surface area contributed by atoms with Gasteiger partial charge in [-0.25, -0.2) is 9.97 Å². The Balaban J connectivity index is 1.54. The fraction of sp³-hybridized carbons (Fsp3) is 0.808. The zero-order chi connectivity index (χ0) is 24.0. The third kappa shape index (κ3) is 7.64. The van der Waals surface area contributed by atoms with Crippen molar-refractivity contribution >= 4 is 11.7 Å². The van der Waals surface area contributed by atoms with E-state index >= 15 is 0 Å². The fourth-order valence-corrected chi connectivity index (χ4v) is 5.12. The van der Waals surface area contributed by atoms with E-state index in [0.29, 0.717) is 18.7 Å². The Morgan fingerprint density at radius 2 is 1.91 bits per heavy atom. The van der Waals surface area contributed by atoms with Gasteiger partial charge in [0.05, 0.1) is 6.61 Å². The van der Waals surface area contributed by atoms with Crippen LogP contribution in [0.15, 0.2) is 6.07 Å².